The van der Waals surface area contributed by atoms with E-state index in [0.29, 0.717) is 15.8 Å². The molecule has 0 N–H and O–H groups in total. The zero-order valence-corrected chi connectivity index (χ0v) is 15.3. The summed E-state index contributed by atoms with van der Waals surface area (Å²) >= 11 is 3.31. The van der Waals surface area contributed by atoms with Gasteiger partial charge in [0.1, 0.15) is 5.75 Å². The fraction of sp³-hybridized carbons (Fsp3) is 0.529. The summed E-state index contributed by atoms with van der Waals surface area (Å²) in [4.78, 5) is 26.4. The summed E-state index contributed by atoms with van der Waals surface area (Å²) in [7, 11) is 1.53. The quantitative estimate of drug-likeness (QED) is 0.747. The second-order valence-electron chi connectivity index (χ2n) is 5.85. The molecule has 0 saturated carbocycles. The second-order valence-corrected chi connectivity index (χ2v) is 6.71. The fourth-order valence-corrected chi connectivity index (χ4v) is 3.39. The Bertz CT molecular complexity index is 580. The maximum absolute atomic E-state index is 12.4. The van der Waals surface area contributed by atoms with E-state index < -0.39 is 5.97 Å². The van der Waals surface area contributed by atoms with Crippen molar-refractivity contribution in [2.24, 2.45) is 0 Å². The predicted octanol–water partition coefficient (Wildman–Crippen LogP) is 3.40. The highest BCUT2D eigenvalue weighted by atomic mass is 79.9. The molecule has 1 aliphatic heterocycles. The van der Waals surface area contributed by atoms with Crippen molar-refractivity contribution in [1.82, 2.24) is 4.90 Å². The average molecular weight is 384 g/mol. The van der Waals surface area contributed by atoms with E-state index in [0.717, 1.165) is 19.3 Å². The van der Waals surface area contributed by atoms with Crippen LogP contribution in [0.2, 0.25) is 0 Å². The van der Waals surface area contributed by atoms with Gasteiger partial charge in [0, 0.05) is 16.6 Å². The molecule has 0 spiro atoms. The van der Waals surface area contributed by atoms with Crippen molar-refractivity contribution in [3.8, 4) is 5.75 Å². The molecular weight excluding hydrogens is 362 g/mol. The summed E-state index contributed by atoms with van der Waals surface area (Å²) in [5, 5.41) is 0. The SMILES string of the molecule is COc1ccc(Br)c(C(=O)OCC(=O)N2C(C)CCCC2C)c1. The zero-order valence-electron chi connectivity index (χ0n) is 13.7. The number of esters is 1. The topological polar surface area (TPSA) is 55.8 Å². The number of benzene rings is 1. The lowest BCUT2D eigenvalue weighted by molar-refractivity contribution is -0.140. The molecule has 5 nitrogen and oxygen atoms in total. The number of nitrogens with zero attached hydrogens (tertiary/aromatic N) is 1. The van der Waals surface area contributed by atoms with Gasteiger partial charge in [0.05, 0.1) is 12.7 Å². The second kappa shape index (κ2) is 7.81. The highest BCUT2D eigenvalue weighted by molar-refractivity contribution is 9.10. The largest absolute Gasteiger partial charge is 0.497 e. The Balaban J connectivity index is 2.00. The third-order valence-electron chi connectivity index (χ3n) is 4.20. The summed E-state index contributed by atoms with van der Waals surface area (Å²) in [6.45, 7) is 3.83. The number of carbonyl (C=O) groups is 2. The summed E-state index contributed by atoms with van der Waals surface area (Å²) in [5.74, 6) is -0.122. The number of halogens is 1. The van der Waals surface area contributed by atoms with Crippen LogP contribution in [0.25, 0.3) is 0 Å². The molecule has 2 rings (SSSR count). The lowest BCUT2D eigenvalue weighted by Gasteiger charge is -2.38. The Morgan fingerprint density at radius 3 is 2.52 bits per heavy atom. The monoisotopic (exact) mass is 383 g/mol. The van der Waals surface area contributed by atoms with Gasteiger partial charge in [-0.3, -0.25) is 4.79 Å². The molecule has 2 atom stereocenters. The normalized spacial score (nSPS) is 21.0. The van der Waals surface area contributed by atoms with Gasteiger partial charge in [-0.15, -0.1) is 0 Å². The Morgan fingerprint density at radius 2 is 1.91 bits per heavy atom. The van der Waals surface area contributed by atoms with E-state index in [9.17, 15) is 9.59 Å². The molecule has 2 unspecified atom stereocenters. The molecule has 0 aromatic heterocycles. The summed E-state index contributed by atoms with van der Waals surface area (Å²) in [5.41, 5.74) is 0.344. The van der Waals surface area contributed by atoms with Gasteiger partial charge in [-0.2, -0.15) is 0 Å². The zero-order chi connectivity index (χ0) is 17.0. The first-order chi connectivity index (χ1) is 10.9. The Hall–Kier alpha value is -1.56. The number of hydrogen-bond acceptors (Lipinski definition) is 4. The molecule has 1 saturated heterocycles. The van der Waals surface area contributed by atoms with Crippen LogP contribution in [0.1, 0.15) is 43.5 Å². The number of carbonyl (C=O) groups excluding carboxylic acids is 2. The van der Waals surface area contributed by atoms with Gasteiger partial charge < -0.3 is 14.4 Å². The van der Waals surface area contributed by atoms with Gasteiger partial charge in [-0.1, -0.05) is 0 Å². The van der Waals surface area contributed by atoms with Crippen LogP contribution in [0.5, 0.6) is 5.75 Å². The van der Waals surface area contributed by atoms with E-state index in [1.807, 2.05) is 18.7 Å². The molecule has 126 valence electrons. The number of ether oxygens (including phenoxy) is 2. The van der Waals surface area contributed by atoms with E-state index in [1.54, 1.807) is 18.2 Å². The number of rotatable bonds is 4. The molecule has 1 amide bonds. The Labute approximate surface area is 145 Å². The van der Waals surface area contributed by atoms with E-state index in [1.165, 1.54) is 7.11 Å². The van der Waals surface area contributed by atoms with Crippen molar-refractivity contribution >= 4 is 27.8 Å². The van der Waals surface area contributed by atoms with Crippen molar-refractivity contribution in [2.45, 2.75) is 45.2 Å². The Morgan fingerprint density at radius 1 is 1.26 bits per heavy atom. The summed E-state index contributed by atoms with van der Waals surface area (Å²) in [6, 6.07) is 5.42. The van der Waals surface area contributed by atoms with Crippen LogP contribution in [0.15, 0.2) is 22.7 Å². The number of piperidine rings is 1. The van der Waals surface area contributed by atoms with Crippen LogP contribution in [0.3, 0.4) is 0 Å². The number of likely N-dealkylation sites (tertiary alicyclic amines) is 1. The number of hydrogen-bond donors (Lipinski definition) is 0. The van der Waals surface area contributed by atoms with Gasteiger partial charge in [0.15, 0.2) is 6.61 Å². The molecule has 1 heterocycles. The molecule has 0 radical (unpaired) electrons. The van der Waals surface area contributed by atoms with Gasteiger partial charge in [-0.05, 0) is 67.2 Å². The molecule has 0 aliphatic carbocycles. The highest BCUT2D eigenvalue weighted by Crippen LogP contribution is 2.24. The first-order valence-electron chi connectivity index (χ1n) is 7.76. The Kier molecular flexibility index (Phi) is 6.04. The molecule has 6 heteroatoms. The van der Waals surface area contributed by atoms with Gasteiger partial charge in [0.25, 0.3) is 5.91 Å². The molecular formula is C17H22BrNO4. The summed E-state index contributed by atoms with van der Waals surface area (Å²) in [6.07, 6.45) is 3.11. The average Bonchev–Trinajstić information content (AvgIpc) is 2.53. The van der Waals surface area contributed by atoms with E-state index in [-0.39, 0.29) is 24.6 Å². The van der Waals surface area contributed by atoms with Gasteiger partial charge in [0.2, 0.25) is 0 Å². The molecule has 0 bridgehead atoms. The molecule has 1 aliphatic rings. The van der Waals surface area contributed by atoms with Crippen molar-refractivity contribution in [3.63, 3.8) is 0 Å². The van der Waals surface area contributed by atoms with Crippen molar-refractivity contribution < 1.29 is 19.1 Å². The van der Waals surface area contributed by atoms with Crippen LogP contribution in [-0.4, -0.2) is 42.6 Å². The smallest absolute Gasteiger partial charge is 0.339 e. The van der Waals surface area contributed by atoms with Gasteiger partial charge in [-0.25, -0.2) is 4.79 Å². The standard InChI is InChI=1S/C17H22BrNO4/c1-11-5-4-6-12(2)19(11)16(20)10-23-17(21)14-9-13(22-3)7-8-15(14)18/h7-9,11-12H,4-6,10H2,1-3H3. The number of methoxy groups -OCH3 is 1. The lowest BCUT2D eigenvalue weighted by Crippen LogP contribution is -2.49. The van der Waals surface area contributed by atoms with Crippen LogP contribution < -0.4 is 4.74 Å². The lowest BCUT2D eigenvalue weighted by atomic mass is 9.97. The first kappa shape index (κ1) is 17.8. The van der Waals surface area contributed by atoms with Crippen molar-refractivity contribution in [1.29, 1.82) is 0 Å². The van der Waals surface area contributed by atoms with Crippen molar-refractivity contribution in [2.75, 3.05) is 13.7 Å². The maximum atomic E-state index is 12.4. The predicted molar refractivity (Wildman–Crippen MR) is 90.6 cm³/mol. The molecule has 1 fully saturated rings. The van der Waals surface area contributed by atoms with Gasteiger partial charge >= 0.3 is 5.97 Å². The molecule has 23 heavy (non-hydrogen) atoms. The highest BCUT2D eigenvalue weighted by Gasteiger charge is 2.29. The maximum Gasteiger partial charge on any atom is 0.339 e. The third kappa shape index (κ3) is 4.25. The number of amides is 1. The van der Waals surface area contributed by atoms with E-state index >= 15 is 0 Å². The molecule has 1 aromatic rings. The first-order valence-corrected chi connectivity index (χ1v) is 8.55. The minimum absolute atomic E-state index is 0.142. The fourth-order valence-electron chi connectivity index (χ4n) is 2.98. The minimum Gasteiger partial charge on any atom is -0.497 e. The van der Waals surface area contributed by atoms with Crippen LogP contribution >= 0.6 is 15.9 Å². The van der Waals surface area contributed by atoms with Crippen molar-refractivity contribution in [3.05, 3.63) is 28.2 Å². The van der Waals surface area contributed by atoms with E-state index in [2.05, 4.69) is 15.9 Å². The van der Waals surface area contributed by atoms with E-state index in [4.69, 9.17) is 9.47 Å². The van der Waals surface area contributed by atoms with Crippen LogP contribution in [0, 0.1) is 0 Å². The minimum atomic E-state index is -0.540. The van der Waals surface area contributed by atoms with Crippen LogP contribution in [0.4, 0.5) is 0 Å². The van der Waals surface area contributed by atoms with Crippen LogP contribution in [-0.2, 0) is 9.53 Å². The summed E-state index contributed by atoms with van der Waals surface area (Å²) < 4.78 is 10.9. The molecule has 1 aromatic carbocycles. The third-order valence-corrected chi connectivity index (χ3v) is 4.89.